The predicted molar refractivity (Wildman–Crippen MR) is 128 cm³/mol. The number of carbonyl (C=O) groups excluding carboxylic acids is 1. The van der Waals surface area contributed by atoms with Crippen LogP contribution in [-0.2, 0) is 13.0 Å². The molecule has 0 unspecified atom stereocenters. The van der Waals surface area contributed by atoms with Gasteiger partial charge in [-0.25, -0.2) is 0 Å². The molecular weight excluding hydrogens is 380 g/mol. The zero-order valence-electron chi connectivity index (χ0n) is 17.7. The Bertz CT molecular complexity index is 1420. The van der Waals surface area contributed by atoms with Crippen molar-refractivity contribution >= 4 is 38.5 Å². The van der Waals surface area contributed by atoms with E-state index in [9.17, 15) is 4.79 Å². The fourth-order valence-electron chi connectivity index (χ4n) is 4.60. The number of aryl methyl sites for hydroxylation is 1. The summed E-state index contributed by atoms with van der Waals surface area (Å²) in [5, 5.41) is 4.34. The van der Waals surface area contributed by atoms with E-state index in [1.54, 1.807) is 0 Å². The van der Waals surface area contributed by atoms with Gasteiger partial charge in [-0.05, 0) is 59.0 Å². The molecule has 2 N–H and O–H groups in total. The van der Waals surface area contributed by atoms with Gasteiger partial charge >= 0.3 is 0 Å². The van der Waals surface area contributed by atoms with E-state index in [-0.39, 0.29) is 0 Å². The Hall–Kier alpha value is -3.59. The van der Waals surface area contributed by atoms with Crippen molar-refractivity contribution in [2.24, 2.45) is 5.73 Å². The molecule has 0 aliphatic rings. The topological polar surface area (TPSA) is 48.0 Å². The van der Waals surface area contributed by atoms with Gasteiger partial charge in [-0.1, -0.05) is 67.9 Å². The normalized spacial score (nSPS) is 11.5. The van der Waals surface area contributed by atoms with Crippen LogP contribution in [0.25, 0.3) is 32.6 Å². The molecule has 4 aromatic carbocycles. The molecule has 0 saturated heterocycles. The zero-order chi connectivity index (χ0) is 21.4. The van der Waals surface area contributed by atoms with Gasteiger partial charge in [-0.15, -0.1) is 0 Å². The molecule has 1 heterocycles. The summed E-state index contributed by atoms with van der Waals surface area (Å²) in [7, 11) is 0. The van der Waals surface area contributed by atoms with E-state index in [4.69, 9.17) is 5.73 Å². The summed E-state index contributed by atoms with van der Waals surface area (Å²) in [6, 6.07) is 28.5. The molecule has 0 atom stereocenters. The number of amides is 1. The maximum Gasteiger partial charge on any atom is 0.249 e. The van der Waals surface area contributed by atoms with Crippen molar-refractivity contribution in [2.75, 3.05) is 0 Å². The first-order chi connectivity index (χ1) is 15.2. The van der Waals surface area contributed by atoms with Gasteiger partial charge in [0.05, 0.1) is 11.0 Å². The van der Waals surface area contributed by atoms with Gasteiger partial charge in [0.15, 0.2) is 0 Å². The van der Waals surface area contributed by atoms with E-state index in [1.807, 2.05) is 12.1 Å². The van der Waals surface area contributed by atoms with Crippen molar-refractivity contribution in [3.63, 3.8) is 0 Å². The molecule has 3 nitrogen and oxygen atoms in total. The molecular formula is C28H25N2O. The van der Waals surface area contributed by atoms with Gasteiger partial charge in [-0.2, -0.15) is 0 Å². The van der Waals surface area contributed by atoms with E-state index in [2.05, 4.69) is 78.2 Å². The SMILES string of the molecule is CCCCc1c[c]c2c3c(C(N)=O)cccc3n(Cc3cccc4ccccc34)c2c1. The average Bonchev–Trinajstić information content (AvgIpc) is 3.11. The summed E-state index contributed by atoms with van der Waals surface area (Å²) >= 11 is 0. The molecule has 5 rings (SSSR count). The maximum absolute atomic E-state index is 12.2. The Morgan fingerprint density at radius 3 is 2.65 bits per heavy atom. The van der Waals surface area contributed by atoms with Crippen molar-refractivity contribution in [3.05, 3.63) is 95.6 Å². The highest BCUT2D eigenvalue weighted by molar-refractivity contribution is 6.17. The van der Waals surface area contributed by atoms with Gasteiger partial charge in [-0.3, -0.25) is 4.79 Å². The third-order valence-corrected chi connectivity index (χ3v) is 6.15. The second-order valence-corrected chi connectivity index (χ2v) is 8.16. The molecule has 1 radical (unpaired) electrons. The summed E-state index contributed by atoms with van der Waals surface area (Å²) < 4.78 is 2.31. The van der Waals surface area contributed by atoms with Gasteiger partial charge in [0.25, 0.3) is 0 Å². The molecule has 0 fully saturated rings. The van der Waals surface area contributed by atoms with Crippen LogP contribution in [0.4, 0.5) is 0 Å². The summed E-state index contributed by atoms with van der Waals surface area (Å²) in [6.07, 6.45) is 3.33. The second-order valence-electron chi connectivity index (χ2n) is 8.16. The molecule has 0 aliphatic carbocycles. The van der Waals surface area contributed by atoms with Crippen molar-refractivity contribution in [1.29, 1.82) is 0 Å². The number of nitrogens with two attached hydrogens (primary N) is 1. The first-order valence-electron chi connectivity index (χ1n) is 10.9. The molecule has 1 amide bonds. The van der Waals surface area contributed by atoms with Crippen LogP contribution in [0.3, 0.4) is 0 Å². The number of unbranched alkanes of at least 4 members (excludes halogenated alkanes) is 1. The molecule has 1 aromatic heterocycles. The fourth-order valence-corrected chi connectivity index (χ4v) is 4.60. The van der Waals surface area contributed by atoms with Gasteiger partial charge in [0.2, 0.25) is 5.91 Å². The third kappa shape index (κ3) is 3.36. The number of primary amides is 1. The van der Waals surface area contributed by atoms with Crippen LogP contribution in [-0.4, -0.2) is 10.5 Å². The average molecular weight is 406 g/mol. The van der Waals surface area contributed by atoms with E-state index in [0.29, 0.717) is 12.1 Å². The molecule has 0 saturated carbocycles. The molecule has 3 heteroatoms. The van der Waals surface area contributed by atoms with Crippen molar-refractivity contribution in [2.45, 2.75) is 32.7 Å². The van der Waals surface area contributed by atoms with Crippen molar-refractivity contribution in [1.82, 2.24) is 4.57 Å². The minimum absolute atomic E-state index is 0.404. The Morgan fingerprint density at radius 2 is 1.81 bits per heavy atom. The van der Waals surface area contributed by atoms with Gasteiger partial charge in [0.1, 0.15) is 0 Å². The summed E-state index contributed by atoms with van der Waals surface area (Å²) in [4.78, 5) is 12.2. The van der Waals surface area contributed by atoms with E-state index >= 15 is 0 Å². The van der Waals surface area contributed by atoms with Crippen LogP contribution in [0.1, 0.15) is 41.3 Å². The van der Waals surface area contributed by atoms with Gasteiger partial charge in [0, 0.05) is 22.9 Å². The first kappa shape index (κ1) is 19.4. The molecule has 31 heavy (non-hydrogen) atoms. The Labute approximate surface area is 182 Å². The van der Waals surface area contributed by atoms with Gasteiger partial charge < -0.3 is 10.3 Å². The number of rotatable bonds is 6. The number of fused-ring (bicyclic) bond motifs is 4. The quantitative estimate of drug-likeness (QED) is 0.357. The minimum Gasteiger partial charge on any atom is -0.366 e. The number of hydrogen-bond acceptors (Lipinski definition) is 1. The summed E-state index contributed by atoms with van der Waals surface area (Å²) in [5.74, 6) is -0.404. The monoisotopic (exact) mass is 405 g/mol. The number of benzene rings is 4. The standard InChI is InChI=1S/C28H25N2O/c1-2-3-8-19-15-16-23-26(17-19)30(25-14-7-13-24(27(23)25)28(29)31)18-21-11-6-10-20-9-4-5-12-22(20)21/h4-7,9-15,17H,2-3,8,18H2,1H3,(H2,29,31). The number of nitrogens with zero attached hydrogens (tertiary/aromatic N) is 1. The van der Waals surface area contributed by atoms with Crippen LogP contribution < -0.4 is 5.73 Å². The lowest BCUT2D eigenvalue weighted by molar-refractivity contribution is 0.100. The van der Waals surface area contributed by atoms with Crippen LogP contribution in [0, 0.1) is 6.07 Å². The largest absolute Gasteiger partial charge is 0.366 e. The number of carbonyl (C=O) groups is 1. The molecule has 153 valence electrons. The van der Waals surface area contributed by atoms with Crippen molar-refractivity contribution < 1.29 is 4.79 Å². The van der Waals surface area contributed by atoms with Crippen LogP contribution >= 0.6 is 0 Å². The Balaban J connectivity index is 1.78. The molecule has 0 spiro atoms. The Morgan fingerprint density at radius 1 is 1.00 bits per heavy atom. The lowest BCUT2D eigenvalue weighted by Gasteiger charge is -2.11. The first-order valence-corrected chi connectivity index (χ1v) is 10.9. The highest BCUT2D eigenvalue weighted by Crippen LogP contribution is 2.33. The smallest absolute Gasteiger partial charge is 0.249 e. The van der Waals surface area contributed by atoms with Crippen molar-refractivity contribution in [3.8, 4) is 0 Å². The number of aromatic nitrogens is 1. The lowest BCUT2D eigenvalue weighted by Crippen LogP contribution is -2.11. The predicted octanol–water partition coefficient (Wildman–Crippen LogP) is 6.24. The Kier molecular flexibility index (Phi) is 4.95. The second kappa shape index (κ2) is 7.92. The zero-order valence-corrected chi connectivity index (χ0v) is 17.7. The van der Waals surface area contributed by atoms with E-state index < -0.39 is 5.91 Å². The summed E-state index contributed by atoms with van der Waals surface area (Å²) in [6.45, 7) is 2.92. The van der Waals surface area contributed by atoms with Crippen LogP contribution in [0.5, 0.6) is 0 Å². The molecule has 5 aromatic rings. The summed E-state index contributed by atoms with van der Waals surface area (Å²) in [5.41, 5.74) is 10.9. The van der Waals surface area contributed by atoms with E-state index in [0.717, 1.165) is 41.1 Å². The highest BCUT2D eigenvalue weighted by Gasteiger charge is 2.17. The highest BCUT2D eigenvalue weighted by atomic mass is 16.1. The van der Waals surface area contributed by atoms with E-state index in [1.165, 1.54) is 21.9 Å². The molecule has 0 aliphatic heterocycles. The minimum atomic E-state index is -0.404. The third-order valence-electron chi connectivity index (χ3n) is 6.15. The van der Waals surface area contributed by atoms with Crippen LogP contribution in [0.15, 0.2) is 72.8 Å². The maximum atomic E-state index is 12.2. The lowest BCUT2D eigenvalue weighted by atomic mass is 10.0. The fraction of sp³-hybridized carbons (Fsp3) is 0.179. The molecule has 0 bridgehead atoms. The number of hydrogen-bond donors (Lipinski definition) is 1. The van der Waals surface area contributed by atoms with Crippen LogP contribution in [0.2, 0.25) is 0 Å².